The molecular formula is C14H9Br2Cl2F. The van der Waals surface area contributed by atoms with Crippen LogP contribution in [0.3, 0.4) is 0 Å². The van der Waals surface area contributed by atoms with Gasteiger partial charge in [-0.25, -0.2) is 4.39 Å². The van der Waals surface area contributed by atoms with Crippen LogP contribution in [0.15, 0.2) is 34.8 Å². The fourth-order valence-corrected chi connectivity index (χ4v) is 3.21. The zero-order valence-electron chi connectivity index (χ0n) is 9.85. The van der Waals surface area contributed by atoms with Gasteiger partial charge in [-0.15, -0.1) is 0 Å². The Morgan fingerprint density at radius 2 is 1.79 bits per heavy atom. The predicted molar refractivity (Wildman–Crippen MR) is 86.1 cm³/mol. The monoisotopic (exact) mass is 424 g/mol. The van der Waals surface area contributed by atoms with Crippen LogP contribution in [0.4, 0.5) is 4.39 Å². The molecule has 0 aliphatic carbocycles. The van der Waals surface area contributed by atoms with Crippen LogP contribution in [0.25, 0.3) is 0 Å². The van der Waals surface area contributed by atoms with E-state index >= 15 is 0 Å². The van der Waals surface area contributed by atoms with Gasteiger partial charge in [0.2, 0.25) is 0 Å². The van der Waals surface area contributed by atoms with Crippen LogP contribution < -0.4 is 0 Å². The minimum absolute atomic E-state index is 0.134. The van der Waals surface area contributed by atoms with Crippen molar-refractivity contribution < 1.29 is 4.39 Å². The van der Waals surface area contributed by atoms with Gasteiger partial charge in [0.05, 0.1) is 9.85 Å². The van der Waals surface area contributed by atoms with Crippen molar-refractivity contribution in [2.45, 2.75) is 11.8 Å². The van der Waals surface area contributed by atoms with Crippen LogP contribution in [-0.2, 0) is 0 Å². The number of hydrogen-bond donors (Lipinski definition) is 0. The first-order valence-corrected chi connectivity index (χ1v) is 7.91. The molecule has 0 amide bonds. The molecule has 1 atom stereocenters. The number of hydrogen-bond acceptors (Lipinski definition) is 0. The molecule has 0 aromatic heterocycles. The van der Waals surface area contributed by atoms with Gasteiger partial charge in [0.1, 0.15) is 5.82 Å². The molecule has 2 aromatic carbocycles. The average molecular weight is 427 g/mol. The number of alkyl halides is 1. The molecule has 2 rings (SSSR count). The van der Waals surface area contributed by atoms with Gasteiger partial charge in [-0.3, -0.25) is 0 Å². The van der Waals surface area contributed by atoms with Gasteiger partial charge >= 0.3 is 0 Å². The lowest BCUT2D eigenvalue weighted by atomic mass is 10.0. The van der Waals surface area contributed by atoms with Gasteiger partial charge in [0.25, 0.3) is 0 Å². The van der Waals surface area contributed by atoms with E-state index in [1.807, 2.05) is 18.2 Å². The summed E-state index contributed by atoms with van der Waals surface area (Å²) in [6, 6.07) is 8.73. The molecule has 0 saturated carbocycles. The second kappa shape index (κ2) is 6.13. The van der Waals surface area contributed by atoms with E-state index in [-0.39, 0.29) is 10.6 Å². The van der Waals surface area contributed by atoms with Gasteiger partial charge in [-0.2, -0.15) is 0 Å². The van der Waals surface area contributed by atoms with E-state index in [2.05, 4.69) is 31.9 Å². The Balaban J connectivity index is 2.46. The SMILES string of the molecule is Cc1cc(C(Br)c2ccc(Br)c(Cl)c2)c(Cl)cc1F. The lowest BCUT2D eigenvalue weighted by Crippen LogP contribution is -1.96. The molecule has 0 fully saturated rings. The smallest absolute Gasteiger partial charge is 0.127 e. The first-order valence-electron chi connectivity index (χ1n) is 5.44. The first kappa shape index (κ1) is 15.3. The molecular weight excluding hydrogens is 418 g/mol. The van der Waals surface area contributed by atoms with Gasteiger partial charge in [-0.05, 0) is 57.7 Å². The molecule has 19 heavy (non-hydrogen) atoms. The van der Waals surface area contributed by atoms with Gasteiger partial charge in [-0.1, -0.05) is 51.3 Å². The van der Waals surface area contributed by atoms with Crippen molar-refractivity contribution in [3.05, 3.63) is 67.4 Å². The molecule has 0 bridgehead atoms. The molecule has 0 aliphatic rings. The van der Waals surface area contributed by atoms with Gasteiger partial charge < -0.3 is 0 Å². The highest BCUT2D eigenvalue weighted by Gasteiger charge is 2.16. The van der Waals surface area contributed by atoms with E-state index in [1.165, 1.54) is 6.07 Å². The minimum Gasteiger partial charge on any atom is -0.207 e. The van der Waals surface area contributed by atoms with Gasteiger partial charge in [0.15, 0.2) is 0 Å². The van der Waals surface area contributed by atoms with E-state index in [1.54, 1.807) is 13.0 Å². The molecule has 0 spiro atoms. The highest BCUT2D eigenvalue weighted by molar-refractivity contribution is 9.10. The van der Waals surface area contributed by atoms with Crippen LogP contribution in [-0.4, -0.2) is 0 Å². The maximum Gasteiger partial charge on any atom is 0.127 e. The third kappa shape index (κ3) is 3.33. The zero-order chi connectivity index (χ0) is 14.2. The Hall–Kier alpha value is -0.0900. The maximum atomic E-state index is 13.4. The molecule has 0 heterocycles. The number of rotatable bonds is 2. The second-order valence-electron chi connectivity index (χ2n) is 4.16. The topological polar surface area (TPSA) is 0 Å². The Morgan fingerprint density at radius 1 is 1.11 bits per heavy atom. The summed E-state index contributed by atoms with van der Waals surface area (Å²) in [5, 5.41) is 1.01. The summed E-state index contributed by atoms with van der Waals surface area (Å²) in [5.74, 6) is -0.303. The van der Waals surface area contributed by atoms with E-state index in [0.717, 1.165) is 15.6 Å². The highest BCUT2D eigenvalue weighted by atomic mass is 79.9. The number of halogens is 5. The van der Waals surface area contributed by atoms with Crippen molar-refractivity contribution in [1.82, 2.24) is 0 Å². The highest BCUT2D eigenvalue weighted by Crippen LogP contribution is 2.38. The first-order chi connectivity index (χ1) is 8.90. The van der Waals surface area contributed by atoms with Crippen molar-refractivity contribution in [3.63, 3.8) is 0 Å². The molecule has 0 aliphatic heterocycles. The molecule has 5 heteroatoms. The lowest BCUT2D eigenvalue weighted by molar-refractivity contribution is 0.618. The third-order valence-electron chi connectivity index (χ3n) is 2.79. The molecule has 1 unspecified atom stereocenters. The van der Waals surface area contributed by atoms with Crippen LogP contribution in [0.2, 0.25) is 10.0 Å². The van der Waals surface area contributed by atoms with Crippen molar-refractivity contribution >= 4 is 55.1 Å². The van der Waals surface area contributed by atoms with Crippen molar-refractivity contribution in [2.24, 2.45) is 0 Å². The molecule has 100 valence electrons. The molecule has 0 radical (unpaired) electrons. The summed E-state index contributed by atoms with van der Waals surface area (Å²) >= 11 is 19.1. The largest absolute Gasteiger partial charge is 0.207 e. The van der Waals surface area contributed by atoms with E-state index in [0.29, 0.717) is 15.6 Å². The lowest BCUT2D eigenvalue weighted by Gasteiger charge is -2.14. The fourth-order valence-electron chi connectivity index (χ4n) is 1.72. The van der Waals surface area contributed by atoms with E-state index < -0.39 is 0 Å². The van der Waals surface area contributed by atoms with Crippen LogP contribution in [0.5, 0.6) is 0 Å². The Kier molecular flexibility index (Phi) is 4.93. The Bertz CT molecular complexity index is 629. The van der Waals surface area contributed by atoms with Crippen LogP contribution in [0, 0.1) is 12.7 Å². The number of aryl methyl sites for hydroxylation is 1. The van der Waals surface area contributed by atoms with Crippen LogP contribution >= 0.6 is 55.1 Å². The summed E-state index contributed by atoms with van der Waals surface area (Å²) in [5.41, 5.74) is 2.34. The predicted octanol–water partition coefficient (Wildman–Crippen LogP) is 6.69. The standard InChI is InChI=1S/C14H9Br2Cl2F/c1-7-4-9(11(17)6-13(7)19)14(16)8-2-3-10(15)12(18)5-8/h2-6,14H,1H3. The summed E-state index contributed by atoms with van der Waals surface area (Å²) in [6.45, 7) is 1.71. The van der Waals surface area contributed by atoms with E-state index in [4.69, 9.17) is 23.2 Å². The molecule has 0 nitrogen and oxygen atoms in total. The second-order valence-corrected chi connectivity index (χ2v) is 6.74. The Morgan fingerprint density at radius 3 is 2.42 bits per heavy atom. The summed E-state index contributed by atoms with van der Waals surface area (Å²) in [6.07, 6.45) is 0. The average Bonchev–Trinajstić information content (AvgIpc) is 2.36. The van der Waals surface area contributed by atoms with Crippen molar-refractivity contribution in [1.29, 1.82) is 0 Å². The third-order valence-corrected chi connectivity index (χ3v) is 5.37. The molecule has 0 saturated heterocycles. The quantitative estimate of drug-likeness (QED) is 0.469. The van der Waals surface area contributed by atoms with Crippen LogP contribution in [0.1, 0.15) is 21.5 Å². The number of benzene rings is 2. The normalized spacial score (nSPS) is 12.5. The van der Waals surface area contributed by atoms with E-state index in [9.17, 15) is 4.39 Å². The summed E-state index contributed by atoms with van der Waals surface area (Å²) in [7, 11) is 0. The van der Waals surface area contributed by atoms with Crippen molar-refractivity contribution in [2.75, 3.05) is 0 Å². The maximum absolute atomic E-state index is 13.4. The van der Waals surface area contributed by atoms with Gasteiger partial charge in [0, 0.05) is 9.50 Å². The van der Waals surface area contributed by atoms with Crippen molar-refractivity contribution in [3.8, 4) is 0 Å². The molecule has 0 N–H and O–H groups in total. The fraction of sp³-hybridized carbons (Fsp3) is 0.143. The minimum atomic E-state index is -0.303. The summed E-state index contributed by atoms with van der Waals surface area (Å²) in [4.78, 5) is -0.134. The Labute approximate surface area is 138 Å². The molecule has 2 aromatic rings. The summed E-state index contributed by atoms with van der Waals surface area (Å²) < 4.78 is 14.2. The zero-order valence-corrected chi connectivity index (χ0v) is 14.5.